The van der Waals surface area contributed by atoms with Crippen molar-refractivity contribution in [2.24, 2.45) is 23.0 Å². The highest BCUT2D eigenvalue weighted by atomic mass is 16.4. The molecule has 1 aliphatic carbocycles. The molecule has 0 amide bonds. The Morgan fingerprint density at radius 2 is 2.25 bits per heavy atom. The van der Waals surface area contributed by atoms with Crippen LogP contribution in [-0.4, -0.2) is 17.6 Å². The van der Waals surface area contributed by atoms with Gasteiger partial charge < -0.3 is 10.8 Å². The van der Waals surface area contributed by atoms with Crippen LogP contribution in [0.5, 0.6) is 0 Å². The van der Waals surface area contributed by atoms with Gasteiger partial charge in [0.15, 0.2) is 0 Å². The zero-order chi connectivity index (χ0) is 9.35. The number of carboxylic acid groups (broad SMARTS) is 1. The quantitative estimate of drug-likeness (QED) is 0.668. The van der Waals surface area contributed by atoms with Gasteiger partial charge in [0.25, 0.3) is 0 Å². The molecule has 3 N–H and O–H groups in total. The summed E-state index contributed by atoms with van der Waals surface area (Å²) in [4.78, 5) is 10.6. The molecule has 1 aliphatic rings. The van der Waals surface area contributed by atoms with Gasteiger partial charge in [0.2, 0.25) is 0 Å². The van der Waals surface area contributed by atoms with E-state index in [1.165, 1.54) is 0 Å². The van der Waals surface area contributed by atoms with Crippen LogP contribution >= 0.6 is 0 Å². The van der Waals surface area contributed by atoms with Crippen LogP contribution in [0.1, 0.15) is 26.7 Å². The van der Waals surface area contributed by atoms with E-state index in [1.54, 1.807) is 0 Å². The molecule has 0 spiro atoms. The number of nitrogens with two attached hydrogens (primary N) is 1. The minimum Gasteiger partial charge on any atom is -0.481 e. The average molecular weight is 171 g/mol. The van der Waals surface area contributed by atoms with Crippen LogP contribution in [0.4, 0.5) is 0 Å². The summed E-state index contributed by atoms with van der Waals surface area (Å²) in [6.45, 7) is 4.76. The van der Waals surface area contributed by atoms with Crippen molar-refractivity contribution < 1.29 is 9.90 Å². The molecule has 12 heavy (non-hydrogen) atoms. The zero-order valence-electron chi connectivity index (χ0n) is 7.71. The highest BCUT2D eigenvalue weighted by molar-refractivity contribution is 5.68. The van der Waals surface area contributed by atoms with Crippen LogP contribution in [0.3, 0.4) is 0 Å². The van der Waals surface area contributed by atoms with Gasteiger partial charge in [-0.3, -0.25) is 4.79 Å². The Hall–Kier alpha value is -0.570. The SMILES string of the molecule is C[C@H]1CC(CN)(CC(=O)O)[C@H]1C. The summed E-state index contributed by atoms with van der Waals surface area (Å²) in [5.74, 6) is 0.366. The summed E-state index contributed by atoms with van der Waals surface area (Å²) in [5.41, 5.74) is 5.50. The van der Waals surface area contributed by atoms with Gasteiger partial charge in [-0.1, -0.05) is 13.8 Å². The van der Waals surface area contributed by atoms with Gasteiger partial charge in [-0.15, -0.1) is 0 Å². The summed E-state index contributed by atoms with van der Waals surface area (Å²) in [7, 11) is 0. The first kappa shape index (κ1) is 9.52. The lowest BCUT2D eigenvalue weighted by Gasteiger charge is -2.52. The lowest BCUT2D eigenvalue weighted by atomic mass is 9.53. The maximum Gasteiger partial charge on any atom is 0.303 e. The molecule has 1 fully saturated rings. The van der Waals surface area contributed by atoms with E-state index in [1.807, 2.05) is 0 Å². The van der Waals surface area contributed by atoms with Crippen molar-refractivity contribution in [1.29, 1.82) is 0 Å². The van der Waals surface area contributed by atoms with Crippen molar-refractivity contribution in [2.45, 2.75) is 26.7 Å². The number of hydrogen-bond donors (Lipinski definition) is 2. The van der Waals surface area contributed by atoms with Crippen LogP contribution in [0, 0.1) is 17.3 Å². The van der Waals surface area contributed by atoms with Crippen LogP contribution in [0.2, 0.25) is 0 Å². The second-order valence-corrected chi connectivity index (χ2v) is 4.11. The van der Waals surface area contributed by atoms with E-state index in [0.717, 1.165) is 6.42 Å². The summed E-state index contributed by atoms with van der Waals surface area (Å²) < 4.78 is 0. The van der Waals surface area contributed by atoms with Crippen LogP contribution in [0.15, 0.2) is 0 Å². The van der Waals surface area contributed by atoms with Crippen molar-refractivity contribution in [3.8, 4) is 0 Å². The highest BCUT2D eigenvalue weighted by Gasteiger charge is 2.49. The molecule has 3 nitrogen and oxygen atoms in total. The Morgan fingerprint density at radius 1 is 1.67 bits per heavy atom. The van der Waals surface area contributed by atoms with E-state index in [-0.39, 0.29) is 11.8 Å². The maximum absolute atomic E-state index is 10.6. The summed E-state index contributed by atoms with van der Waals surface area (Å²) >= 11 is 0. The van der Waals surface area contributed by atoms with Gasteiger partial charge >= 0.3 is 5.97 Å². The molecular weight excluding hydrogens is 154 g/mol. The van der Waals surface area contributed by atoms with Gasteiger partial charge in [0, 0.05) is 0 Å². The van der Waals surface area contributed by atoms with Crippen LogP contribution < -0.4 is 5.73 Å². The molecule has 70 valence electrons. The molecule has 0 aromatic rings. The molecule has 0 radical (unpaired) electrons. The predicted molar refractivity (Wildman–Crippen MR) is 46.7 cm³/mol. The van der Waals surface area contributed by atoms with E-state index in [9.17, 15) is 4.79 Å². The van der Waals surface area contributed by atoms with E-state index in [2.05, 4.69) is 13.8 Å². The van der Waals surface area contributed by atoms with E-state index in [0.29, 0.717) is 18.4 Å². The predicted octanol–water partition coefficient (Wildman–Crippen LogP) is 1.08. The van der Waals surface area contributed by atoms with Crippen molar-refractivity contribution in [3.05, 3.63) is 0 Å². The maximum atomic E-state index is 10.6. The molecule has 1 rings (SSSR count). The first-order chi connectivity index (χ1) is 5.52. The van der Waals surface area contributed by atoms with Gasteiger partial charge in [-0.05, 0) is 30.2 Å². The fraction of sp³-hybridized carbons (Fsp3) is 0.889. The standard InChI is InChI=1S/C9H17NO2/c1-6-3-9(5-10,7(6)2)4-8(11)12/h6-7H,3-5,10H2,1-2H3,(H,11,12)/t6-,7-,9?/m0/s1. The third-order valence-electron chi connectivity index (χ3n) is 3.46. The summed E-state index contributed by atoms with van der Waals surface area (Å²) in [6, 6.07) is 0. The van der Waals surface area contributed by atoms with Crippen LogP contribution in [0.25, 0.3) is 0 Å². The second-order valence-electron chi connectivity index (χ2n) is 4.11. The molecule has 0 saturated heterocycles. The van der Waals surface area contributed by atoms with Gasteiger partial charge in [-0.2, -0.15) is 0 Å². The Bertz CT molecular complexity index is 193. The molecule has 1 unspecified atom stereocenters. The minimum absolute atomic E-state index is 0.106. The fourth-order valence-electron chi connectivity index (χ4n) is 2.32. The van der Waals surface area contributed by atoms with Crippen molar-refractivity contribution in [3.63, 3.8) is 0 Å². The molecular formula is C9H17NO2. The Kier molecular flexibility index (Phi) is 2.42. The van der Waals surface area contributed by atoms with Gasteiger partial charge in [0.05, 0.1) is 6.42 Å². The zero-order valence-corrected chi connectivity index (χ0v) is 7.71. The smallest absolute Gasteiger partial charge is 0.303 e. The normalized spacial score (nSPS) is 40.6. The average Bonchev–Trinajstić information content (AvgIpc) is 2.02. The summed E-state index contributed by atoms with van der Waals surface area (Å²) in [5, 5.41) is 8.69. The Balaban J connectivity index is 2.60. The van der Waals surface area contributed by atoms with Crippen molar-refractivity contribution in [2.75, 3.05) is 6.54 Å². The number of aliphatic carboxylic acids is 1. The molecule has 3 atom stereocenters. The molecule has 0 aromatic heterocycles. The highest BCUT2D eigenvalue weighted by Crippen LogP contribution is 2.52. The minimum atomic E-state index is -0.723. The molecule has 0 bridgehead atoms. The largest absolute Gasteiger partial charge is 0.481 e. The number of hydrogen-bond acceptors (Lipinski definition) is 2. The Morgan fingerprint density at radius 3 is 2.50 bits per heavy atom. The van der Waals surface area contributed by atoms with Crippen molar-refractivity contribution >= 4 is 5.97 Å². The number of carbonyl (C=O) groups is 1. The molecule has 0 aromatic carbocycles. The number of carboxylic acids is 1. The summed E-state index contributed by atoms with van der Waals surface area (Å²) in [6.07, 6.45) is 1.20. The molecule has 1 saturated carbocycles. The lowest BCUT2D eigenvalue weighted by molar-refractivity contribution is -0.145. The molecule has 3 heteroatoms. The lowest BCUT2D eigenvalue weighted by Crippen LogP contribution is -2.51. The second kappa shape index (κ2) is 3.05. The Labute approximate surface area is 72.9 Å². The van der Waals surface area contributed by atoms with E-state index < -0.39 is 5.97 Å². The third-order valence-corrected chi connectivity index (χ3v) is 3.46. The first-order valence-electron chi connectivity index (χ1n) is 4.44. The van der Waals surface area contributed by atoms with Gasteiger partial charge in [-0.25, -0.2) is 0 Å². The molecule has 0 heterocycles. The van der Waals surface area contributed by atoms with Gasteiger partial charge in [0.1, 0.15) is 0 Å². The van der Waals surface area contributed by atoms with Crippen molar-refractivity contribution in [1.82, 2.24) is 0 Å². The monoisotopic (exact) mass is 171 g/mol. The molecule has 0 aliphatic heterocycles. The third kappa shape index (κ3) is 1.33. The topological polar surface area (TPSA) is 63.3 Å². The van der Waals surface area contributed by atoms with E-state index in [4.69, 9.17) is 10.8 Å². The first-order valence-corrected chi connectivity index (χ1v) is 4.44. The number of rotatable bonds is 3. The van der Waals surface area contributed by atoms with Crippen LogP contribution in [-0.2, 0) is 4.79 Å². The fourth-order valence-corrected chi connectivity index (χ4v) is 2.32. The van der Waals surface area contributed by atoms with E-state index >= 15 is 0 Å².